The maximum absolute atomic E-state index is 9.25. The average Bonchev–Trinajstić information content (AvgIpc) is 2.28. The molecular formula is C13H16O2. The van der Waals surface area contributed by atoms with Crippen LogP contribution in [0, 0.1) is 0 Å². The first-order chi connectivity index (χ1) is 7.20. The Kier molecular flexibility index (Phi) is 7.69. The second kappa shape index (κ2) is 8.75. The Hall–Kier alpha value is -1.83. The van der Waals surface area contributed by atoms with Gasteiger partial charge in [0.15, 0.2) is 0 Å². The van der Waals surface area contributed by atoms with Gasteiger partial charge in [-0.3, -0.25) is 0 Å². The quantitative estimate of drug-likeness (QED) is 0.766. The molecule has 0 aromatic heterocycles. The maximum atomic E-state index is 9.25. The van der Waals surface area contributed by atoms with Gasteiger partial charge in [0.1, 0.15) is 0 Å². The Morgan fingerprint density at radius 2 is 1.93 bits per heavy atom. The lowest BCUT2D eigenvalue weighted by molar-refractivity contribution is -0.131. The van der Waals surface area contributed by atoms with Crippen molar-refractivity contribution in [2.75, 3.05) is 0 Å². The van der Waals surface area contributed by atoms with Gasteiger partial charge in [0.05, 0.1) is 0 Å². The Morgan fingerprint density at radius 3 is 2.33 bits per heavy atom. The predicted molar refractivity (Wildman–Crippen MR) is 63.6 cm³/mol. The van der Waals surface area contributed by atoms with Crippen molar-refractivity contribution in [1.82, 2.24) is 0 Å². The van der Waals surface area contributed by atoms with Crippen LogP contribution in [-0.4, -0.2) is 11.1 Å². The predicted octanol–water partition coefficient (Wildman–Crippen LogP) is 3.37. The van der Waals surface area contributed by atoms with Gasteiger partial charge in [-0.05, 0) is 12.0 Å². The van der Waals surface area contributed by atoms with Crippen LogP contribution in [0.3, 0.4) is 0 Å². The van der Waals surface area contributed by atoms with Crippen LogP contribution in [0.5, 0.6) is 0 Å². The summed E-state index contributed by atoms with van der Waals surface area (Å²) in [5, 5.41) is 7.60. The van der Waals surface area contributed by atoms with Crippen molar-refractivity contribution >= 4 is 12.0 Å². The van der Waals surface area contributed by atoms with Gasteiger partial charge in [-0.1, -0.05) is 56.0 Å². The summed E-state index contributed by atoms with van der Waals surface area (Å²) in [6.07, 6.45) is 6.24. The lowest BCUT2D eigenvalue weighted by atomic mass is 10.2. The molecule has 0 radical (unpaired) electrons. The van der Waals surface area contributed by atoms with E-state index in [4.69, 9.17) is 5.11 Å². The van der Waals surface area contributed by atoms with Crippen LogP contribution >= 0.6 is 0 Å². The first-order valence-corrected chi connectivity index (χ1v) is 4.77. The third-order valence-electron chi connectivity index (χ3n) is 1.52. The van der Waals surface area contributed by atoms with E-state index in [0.717, 1.165) is 12.5 Å². The van der Waals surface area contributed by atoms with E-state index in [1.807, 2.05) is 6.07 Å². The molecule has 0 amide bonds. The van der Waals surface area contributed by atoms with Gasteiger partial charge >= 0.3 is 5.97 Å². The van der Waals surface area contributed by atoms with E-state index >= 15 is 0 Å². The van der Waals surface area contributed by atoms with Crippen LogP contribution in [0.4, 0.5) is 0 Å². The monoisotopic (exact) mass is 204 g/mol. The van der Waals surface area contributed by atoms with E-state index in [-0.39, 0.29) is 0 Å². The zero-order chi connectivity index (χ0) is 11.5. The molecule has 2 heteroatoms. The van der Waals surface area contributed by atoms with Crippen molar-refractivity contribution in [3.05, 3.63) is 54.6 Å². The zero-order valence-corrected chi connectivity index (χ0v) is 8.89. The number of carboxylic acids is 1. The van der Waals surface area contributed by atoms with Crippen molar-refractivity contribution < 1.29 is 9.90 Å². The summed E-state index contributed by atoms with van der Waals surface area (Å²) in [5.41, 5.74) is 1.28. The number of rotatable bonds is 3. The molecular weight excluding hydrogens is 188 g/mol. The average molecular weight is 204 g/mol. The van der Waals surface area contributed by atoms with E-state index < -0.39 is 5.97 Å². The van der Waals surface area contributed by atoms with Crippen molar-refractivity contribution in [2.24, 2.45) is 0 Å². The molecule has 1 aromatic carbocycles. The molecule has 1 N–H and O–H groups in total. The molecule has 0 aliphatic heterocycles. The third-order valence-corrected chi connectivity index (χ3v) is 1.52. The van der Waals surface area contributed by atoms with Crippen LogP contribution in [0.15, 0.2) is 49.1 Å². The van der Waals surface area contributed by atoms with Crippen LogP contribution in [0.25, 0.3) is 6.08 Å². The zero-order valence-electron chi connectivity index (χ0n) is 8.89. The number of hydrogen-bond donors (Lipinski definition) is 1. The van der Waals surface area contributed by atoms with Gasteiger partial charge in [-0.25, -0.2) is 4.79 Å². The highest BCUT2D eigenvalue weighted by atomic mass is 16.4. The molecule has 0 heterocycles. The third kappa shape index (κ3) is 8.50. The number of benzene rings is 1. The number of aliphatic carboxylic acids is 1. The fourth-order valence-corrected chi connectivity index (χ4v) is 0.818. The van der Waals surface area contributed by atoms with Gasteiger partial charge in [-0.2, -0.15) is 0 Å². The van der Waals surface area contributed by atoms with E-state index in [1.54, 1.807) is 0 Å². The Balaban J connectivity index is 0.000000336. The molecule has 0 fully saturated rings. The molecule has 0 spiro atoms. The first kappa shape index (κ1) is 13.2. The second-order valence-electron chi connectivity index (χ2n) is 2.76. The number of carbonyl (C=O) groups is 1. The van der Waals surface area contributed by atoms with Crippen molar-refractivity contribution in [3.63, 3.8) is 0 Å². The Labute approximate surface area is 90.6 Å². The van der Waals surface area contributed by atoms with Gasteiger partial charge < -0.3 is 5.11 Å². The fraction of sp³-hybridized carbons (Fsp3) is 0.154. The van der Waals surface area contributed by atoms with E-state index in [1.165, 1.54) is 5.56 Å². The highest BCUT2D eigenvalue weighted by Gasteiger charge is 1.79. The molecule has 0 bridgehead atoms. The number of carboxylic acid groups (broad SMARTS) is 1. The summed E-state index contributed by atoms with van der Waals surface area (Å²) in [6, 6.07) is 10.3. The smallest absolute Gasteiger partial charge is 0.327 e. The van der Waals surface area contributed by atoms with Crippen LogP contribution in [0.2, 0.25) is 0 Å². The van der Waals surface area contributed by atoms with Crippen LogP contribution in [-0.2, 0) is 4.79 Å². The molecule has 80 valence electrons. The van der Waals surface area contributed by atoms with Crippen LogP contribution in [0.1, 0.15) is 18.9 Å². The van der Waals surface area contributed by atoms with Crippen molar-refractivity contribution in [1.29, 1.82) is 0 Å². The fourth-order valence-electron chi connectivity index (χ4n) is 0.818. The van der Waals surface area contributed by atoms with Crippen LogP contribution < -0.4 is 0 Å². The van der Waals surface area contributed by atoms with Gasteiger partial charge in [0.25, 0.3) is 0 Å². The summed E-state index contributed by atoms with van der Waals surface area (Å²) >= 11 is 0. The van der Waals surface area contributed by atoms with E-state index in [2.05, 4.69) is 49.9 Å². The molecule has 15 heavy (non-hydrogen) atoms. The lowest BCUT2D eigenvalue weighted by Crippen LogP contribution is -1.82. The van der Waals surface area contributed by atoms with Crippen molar-refractivity contribution in [2.45, 2.75) is 13.3 Å². The molecule has 0 aliphatic rings. The summed E-state index contributed by atoms with van der Waals surface area (Å²) < 4.78 is 0. The summed E-state index contributed by atoms with van der Waals surface area (Å²) in [4.78, 5) is 9.25. The highest BCUT2D eigenvalue weighted by Crippen LogP contribution is 2.00. The number of hydrogen-bond acceptors (Lipinski definition) is 1. The SMILES string of the molecule is C=CC(=O)O.CCC=Cc1ccccc1. The topological polar surface area (TPSA) is 37.3 Å². The molecule has 0 saturated heterocycles. The number of allylic oxidation sites excluding steroid dienone is 1. The first-order valence-electron chi connectivity index (χ1n) is 4.77. The van der Waals surface area contributed by atoms with Gasteiger partial charge in [0.2, 0.25) is 0 Å². The lowest BCUT2D eigenvalue weighted by Gasteiger charge is -1.88. The minimum atomic E-state index is -0.981. The summed E-state index contributed by atoms with van der Waals surface area (Å²) in [5.74, 6) is -0.981. The van der Waals surface area contributed by atoms with Gasteiger partial charge in [-0.15, -0.1) is 0 Å². The molecule has 1 rings (SSSR count). The van der Waals surface area contributed by atoms with E-state index in [0.29, 0.717) is 0 Å². The van der Waals surface area contributed by atoms with E-state index in [9.17, 15) is 4.79 Å². The largest absolute Gasteiger partial charge is 0.478 e. The Morgan fingerprint density at radius 1 is 1.40 bits per heavy atom. The Bertz CT molecular complexity index is 313. The summed E-state index contributed by atoms with van der Waals surface area (Å²) in [6.45, 7) is 5.10. The molecule has 0 saturated carbocycles. The highest BCUT2D eigenvalue weighted by molar-refractivity contribution is 5.78. The molecule has 0 unspecified atom stereocenters. The minimum Gasteiger partial charge on any atom is -0.478 e. The molecule has 2 nitrogen and oxygen atoms in total. The van der Waals surface area contributed by atoms with Crippen molar-refractivity contribution in [3.8, 4) is 0 Å². The summed E-state index contributed by atoms with van der Waals surface area (Å²) in [7, 11) is 0. The molecule has 1 aromatic rings. The second-order valence-corrected chi connectivity index (χ2v) is 2.76. The normalized spacial score (nSPS) is 9.13. The molecule has 0 atom stereocenters. The van der Waals surface area contributed by atoms with Gasteiger partial charge in [0, 0.05) is 6.08 Å². The standard InChI is InChI=1S/C10H12.C3H4O2/c1-2-3-7-10-8-5-4-6-9-10;1-2-3(4)5/h3-9H,2H2,1H3;2H,1H2,(H,4,5). The maximum Gasteiger partial charge on any atom is 0.327 e. The minimum absolute atomic E-state index is 0.833. The molecule has 0 aliphatic carbocycles.